The Morgan fingerprint density at radius 3 is 2.44 bits per heavy atom. The Labute approximate surface area is 163 Å². The van der Waals surface area contributed by atoms with Crippen molar-refractivity contribution in [3.63, 3.8) is 0 Å². The Hall–Kier alpha value is -2.31. The van der Waals surface area contributed by atoms with Gasteiger partial charge in [0.15, 0.2) is 5.13 Å². The zero-order valence-corrected chi connectivity index (χ0v) is 16.9. The molecule has 2 aromatic carbocycles. The highest BCUT2D eigenvalue weighted by molar-refractivity contribution is 7.22. The summed E-state index contributed by atoms with van der Waals surface area (Å²) < 4.78 is 14.8. The van der Waals surface area contributed by atoms with Crippen molar-refractivity contribution in [3.8, 4) is 0 Å². The number of para-hydroxylation sites is 1. The van der Waals surface area contributed by atoms with Gasteiger partial charge in [-0.2, -0.15) is 0 Å². The molecule has 0 atom stereocenters. The van der Waals surface area contributed by atoms with Crippen LogP contribution in [0, 0.1) is 19.7 Å². The zero-order valence-electron chi connectivity index (χ0n) is 16.1. The minimum Gasteiger partial charge on any atom is -0.309 e. The SMILES string of the molecule is Cc1cc(C)cc(C(=O)N(CCCN(C)C)c2nc3c(F)cccc3s2)c1. The van der Waals surface area contributed by atoms with Gasteiger partial charge in [-0.05, 0) is 65.2 Å². The second-order valence-electron chi connectivity index (χ2n) is 7.07. The molecule has 0 bridgehead atoms. The normalized spacial score (nSPS) is 11.3. The quantitative estimate of drug-likeness (QED) is 0.620. The summed E-state index contributed by atoms with van der Waals surface area (Å²) in [6, 6.07) is 10.7. The summed E-state index contributed by atoms with van der Waals surface area (Å²) in [6.07, 6.45) is 0.807. The second kappa shape index (κ2) is 8.15. The van der Waals surface area contributed by atoms with Gasteiger partial charge in [0.25, 0.3) is 5.91 Å². The van der Waals surface area contributed by atoms with E-state index in [2.05, 4.69) is 9.88 Å². The van der Waals surface area contributed by atoms with Gasteiger partial charge >= 0.3 is 0 Å². The molecule has 4 nitrogen and oxygen atoms in total. The number of aryl methyl sites for hydroxylation is 2. The number of benzene rings is 2. The Bertz CT molecular complexity index is 947. The van der Waals surface area contributed by atoms with Gasteiger partial charge in [0.05, 0.1) is 4.70 Å². The minimum absolute atomic E-state index is 0.0972. The van der Waals surface area contributed by atoms with E-state index in [1.54, 1.807) is 11.0 Å². The number of halogens is 1. The standard InChI is InChI=1S/C21H24FN3OS/c1-14-11-15(2)13-16(12-14)20(26)25(10-6-9-24(3)4)21-23-19-17(22)7-5-8-18(19)27-21/h5,7-8,11-13H,6,9-10H2,1-4H3. The lowest BCUT2D eigenvalue weighted by atomic mass is 10.1. The van der Waals surface area contributed by atoms with E-state index in [9.17, 15) is 9.18 Å². The largest absolute Gasteiger partial charge is 0.309 e. The molecule has 0 N–H and O–H groups in total. The summed E-state index contributed by atoms with van der Waals surface area (Å²) in [6.45, 7) is 5.35. The van der Waals surface area contributed by atoms with Crippen molar-refractivity contribution in [1.29, 1.82) is 0 Å². The fourth-order valence-corrected chi connectivity index (χ4v) is 4.11. The van der Waals surface area contributed by atoms with Crippen LogP contribution in [0.1, 0.15) is 27.9 Å². The van der Waals surface area contributed by atoms with Crippen molar-refractivity contribution in [2.75, 3.05) is 32.1 Å². The van der Waals surface area contributed by atoms with E-state index >= 15 is 0 Å². The molecule has 0 aliphatic carbocycles. The van der Waals surface area contributed by atoms with Crippen LogP contribution in [0.2, 0.25) is 0 Å². The predicted octanol–water partition coefficient (Wildman–Crippen LogP) is 4.65. The highest BCUT2D eigenvalue weighted by Gasteiger charge is 2.22. The molecule has 1 heterocycles. The number of thiazole rings is 1. The molecular weight excluding hydrogens is 361 g/mol. The molecule has 0 saturated heterocycles. The monoisotopic (exact) mass is 385 g/mol. The Morgan fingerprint density at radius 1 is 1.11 bits per heavy atom. The summed E-state index contributed by atoms with van der Waals surface area (Å²) in [5.74, 6) is -0.456. The van der Waals surface area contributed by atoms with Gasteiger partial charge in [0.1, 0.15) is 11.3 Å². The summed E-state index contributed by atoms with van der Waals surface area (Å²) in [5, 5.41) is 0.540. The molecule has 3 aromatic rings. The molecular formula is C21H24FN3OS. The van der Waals surface area contributed by atoms with Gasteiger partial charge in [-0.15, -0.1) is 0 Å². The fraction of sp³-hybridized carbons (Fsp3) is 0.333. The van der Waals surface area contributed by atoms with Crippen LogP contribution in [-0.2, 0) is 0 Å². The Kier molecular flexibility index (Phi) is 5.87. The summed E-state index contributed by atoms with van der Waals surface area (Å²) in [5.41, 5.74) is 3.05. The van der Waals surface area contributed by atoms with E-state index in [1.165, 1.54) is 17.4 Å². The lowest BCUT2D eigenvalue weighted by Gasteiger charge is -2.21. The maximum atomic E-state index is 14.1. The van der Waals surface area contributed by atoms with Gasteiger partial charge in [0.2, 0.25) is 0 Å². The molecule has 0 unspecified atom stereocenters. The number of hydrogen-bond acceptors (Lipinski definition) is 4. The van der Waals surface area contributed by atoms with E-state index in [-0.39, 0.29) is 11.7 Å². The lowest BCUT2D eigenvalue weighted by Crippen LogP contribution is -2.33. The molecule has 3 rings (SSSR count). The molecule has 0 aliphatic rings. The first-order valence-corrected chi connectivity index (χ1v) is 9.77. The first kappa shape index (κ1) is 19.5. The highest BCUT2D eigenvalue weighted by atomic mass is 32.1. The van der Waals surface area contributed by atoms with E-state index in [4.69, 9.17) is 0 Å². The number of rotatable bonds is 6. The molecule has 0 radical (unpaired) electrons. The average molecular weight is 386 g/mol. The van der Waals surface area contributed by atoms with Crippen molar-refractivity contribution in [2.45, 2.75) is 20.3 Å². The van der Waals surface area contributed by atoms with Crippen LogP contribution >= 0.6 is 11.3 Å². The second-order valence-corrected chi connectivity index (χ2v) is 8.08. The predicted molar refractivity (Wildman–Crippen MR) is 110 cm³/mol. The molecule has 0 spiro atoms. The van der Waals surface area contributed by atoms with Gasteiger partial charge in [-0.1, -0.05) is 34.6 Å². The number of hydrogen-bond donors (Lipinski definition) is 0. The number of anilines is 1. The van der Waals surface area contributed by atoms with E-state index < -0.39 is 0 Å². The number of carbonyl (C=O) groups excluding carboxylic acids is 1. The van der Waals surface area contributed by atoms with Crippen LogP contribution in [0.15, 0.2) is 36.4 Å². The summed E-state index contributed by atoms with van der Waals surface area (Å²) in [4.78, 5) is 21.5. The lowest BCUT2D eigenvalue weighted by molar-refractivity contribution is 0.0986. The Morgan fingerprint density at radius 2 is 1.81 bits per heavy atom. The molecule has 27 heavy (non-hydrogen) atoms. The van der Waals surface area contributed by atoms with Crippen molar-refractivity contribution < 1.29 is 9.18 Å². The van der Waals surface area contributed by atoms with E-state index in [0.717, 1.165) is 28.8 Å². The van der Waals surface area contributed by atoms with E-state index in [1.807, 2.05) is 52.2 Å². The number of carbonyl (C=O) groups is 1. The minimum atomic E-state index is -0.359. The average Bonchev–Trinajstić information content (AvgIpc) is 3.02. The van der Waals surface area contributed by atoms with Crippen LogP contribution in [0.3, 0.4) is 0 Å². The van der Waals surface area contributed by atoms with Crippen molar-refractivity contribution in [3.05, 3.63) is 58.9 Å². The van der Waals surface area contributed by atoms with Crippen molar-refractivity contribution >= 4 is 32.6 Å². The molecule has 6 heteroatoms. The third-order valence-corrected chi connectivity index (χ3v) is 5.33. The van der Waals surface area contributed by atoms with Crippen LogP contribution in [0.5, 0.6) is 0 Å². The van der Waals surface area contributed by atoms with Crippen LogP contribution < -0.4 is 4.90 Å². The van der Waals surface area contributed by atoms with Crippen LogP contribution in [0.4, 0.5) is 9.52 Å². The molecule has 1 aromatic heterocycles. The third kappa shape index (κ3) is 4.51. The maximum Gasteiger partial charge on any atom is 0.260 e. The smallest absolute Gasteiger partial charge is 0.260 e. The molecule has 0 fully saturated rings. The first-order chi connectivity index (χ1) is 12.8. The number of fused-ring (bicyclic) bond motifs is 1. The molecule has 0 saturated carbocycles. The molecule has 1 amide bonds. The van der Waals surface area contributed by atoms with Gasteiger partial charge in [0, 0.05) is 12.1 Å². The molecule has 142 valence electrons. The van der Waals surface area contributed by atoms with Crippen molar-refractivity contribution in [2.24, 2.45) is 0 Å². The topological polar surface area (TPSA) is 36.4 Å². The maximum absolute atomic E-state index is 14.1. The summed E-state index contributed by atoms with van der Waals surface area (Å²) in [7, 11) is 4.01. The van der Waals surface area contributed by atoms with Gasteiger partial charge < -0.3 is 4.90 Å². The van der Waals surface area contributed by atoms with Crippen LogP contribution in [0.25, 0.3) is 10.2 Å². The Balaban J connectivity index is 1.98. The first-order valence-electron chi connectivity index (χ1n) is 8.95. The van der Waals surface area contributed by atoms with Gasteiger partial charge in [-0.25, -0.2) is 9.37 Å². The highest BCUT2D eigenvalue weighted by Crippen LogP contribution is 2.31. The van der Waals surface area contributed by atoms with E-state index in [0.29, 0.717) is 22.8 Å². The fourth-order valence-electron chi connectivity index (χ4n) is 3.10. The third-order valence-electron chi connectivity index (χ3n) is 4.29. The zero-order chi connectivity index (χ0) is 19.6. The number of nitrogens with zero attached hydrogens (tertiary/aromatic N) is 3. The van der Waals surface area contributed by atoms with Gasteiger partial charge in [-0.3, -0.25) is 9.69 Å². The number of amides is 1. The van der Waals surface area contributed by atoms with Crippen LogP contribution in [-0.4, -0.2) is 43.0 Å². The van der Waals surface area contributed by atoms with Crippen molar-refractivity contribution in [1.82, 2.24) is 9.88 Å². The summed E-state index contributed by atoms with van der Waals surface area (Å²) >= 11 is 1.35. The number of aromatic nitrogens is 1. The molecule has 0 aliphatic heterocycles.